The van der Waals surface area contributed by atoms with Crippen LogP contribution < -0.4 is 5.32 Å². The van der Waals surface area contributed by atoms with Gasteiger partial charge in [-0.3, -0.25) is 9.88 Å². The molecule has 1 heterocycles. The van der Waals surface area contributed by atoms with E-state index in [1.165, 1.54) is 11.0 Å². The summed E-state index contributed by atoms with van der Waals surface area (Å²) in [4.78, 5) is 5.35. The van der Waals surface area contributed by atoms with Gasteiger partial charge in [0.1, 0.15) is 5.82 Å². The van der Waals surface area contributed by atoms with Gasteiger partial charge in [-0.1, -0.05) is 13.8 Å². The number of pyridine rings is 1. The molecule has 1 N–H and O–H groups in total. The lowest BCUT2D eigenvalue weighted by atomic mass is 9.97. The van der Waals surface area contributed by atoms with Crippen LogP contribution in [0.3, 0.4) is 0 Å². The molecular weight excluding hydrogens is 286 g/mol. The molecule has 0 spiro atoms. The Balaban J connectivity index is 2.74. The maximum absolute atomic E-state index is 12.9. The molecule has 3 nitrogen and oxygen atoms in total. The lowest BCUT2D eigenvalue weighted by Gasteiger charge is -2.29. The molecule has 2 atom stereocenters. The van der Waals surface area contributed by atoms with Crippen LogP contribution >= 0.6 is 0 Å². The number of nitrogens with zero attached hydrogens (tertiary/aromatic N) is 2. The predicted molar refractivity (Wildman–Crippen MR) is 73.3 cm³/mol. The molecule has 0 aromatic carbocycles. The molecule has 1 aromatic heterocycles. The second kappa shape index (κ2) is 7.70. The molecule has 21 heavy (non-hydrogen) atoms. The van der Waals surface area contributed by atoms with Gasteiger partial charge in [0, 0.05) is 6.54 Å². The fourth-order valence-corrected chi connectivity index (χ4v) is 2.37. The van der Waals surface area contributed by atoms with E-state index in [0.29, 0.717) is 12.2 Å². The van der Waals surface area contributed by atoms with Gasteiger partial charge in [0.2, 0.25) is 0 Å². The number of alkyl halides is 3. The second-order valence-corrected chi connectivity index (χ2v) is 5.09. The number of rotatable bonds is 7. The molecule has 0 aliphatic rings. The van der Waals surface area contributed by atoms with Crippen molar-refractivity contribution in [1.82, 2.24) is 15.2 Å². The minimum Gasteiger partial charge on any atom is -0.311 e. The monoisotopic (exact) mass is 307 g/mol. The van der Waals surface area contributed by atoms with Crippen LogP contribution in [0.5, 0.6) is 0 Å². The van der Waals surface area contributed by atoms with Gasteiger partial charge in [-0.25, -0.2) is 4.39 Å². The second-order valence-electron chi connectivity index (χ2n) is 5.09. The first-order chi connectivity index (χ1) is 9.76. The van der Waals surface area contributed by atoms with Crippen LogP contribution in [0, 0.1) is 11.7 Å². The summed E-state index contributed by atoms with van der Waals surface area (Å²) in [7, 11) is 1.71. The van der Waals surface area contributed by atoms with E-state index in [4.69, 9.17) is 0 Å². The molecule has 0 amide bonds. The maximum Gasteiger partial charge on any atom is 0.401 e. The van der Waals surface area contributed by atoms with Gasteiger partial charge in [0.05, 0.1) is 24.5 Å². The first-order valence-electron chi connectivity index (χ1n) is 6.84. The summed E-state index contributed by atoms with van der Waals surface area (Å²) in [5, 5.41) is 3.04. The molecule has 0 bridgehead atoms. The molecule has 0 fully saturated rings. The van der Waals surface area contributed by atoms with E-state index in [1.54, 1.807) is 20.0 Å². The third-order valence-electron chi connectivity index (χ3n) is 3.35. The SMILES string of the molecule is CCN(CC(C)C(NC)c1ccc(F)cn1)CC(F)(F)F. The Labute approximate surface area is 122 Å². The van der Waals surface area contributed by atoms with Gasteiger partial charge >= 0.3 is 6.18 Å². The number of halogens is 4. The van der Waals surface area contributed by atoms with E-state index < -0.39 is 18.5 Å². The number of aromatic nitrogens is 1. The highest BCUT2D eigenvalue weighted by Crippen LogP contribution is 2.23. The zero-order valence-electron chi connectivity index (χ0n) is 12.4. The van der Waals surface area contributed by atoms with E-state index >= 15 is 0 Å². The summed E-state index contributed by atoms with van der Waals surface area (Å²) in [5.74, 6) is -0.538. The fourth-order valence-electron chi connectivity index (χ4n) is 2.37. The summed E-state index contributed by atoms with van der Waals surface area (Å²) < 4.78 is 50.3. The van der Waals surface area contributed by atoms with E-state index in [0.717, 1.165) is 6.20 Å². The summed E-state index contributed by atoms with van der Waals surface area (Å²) in [6, 6.07) is 2.62. The van der Waals surface area contributed by atoms with Crippen molar-refractivity contribution >= 4 is 0 Å². The van der Waals surface area contributed by atoms with Crippen LogP contribution in [0.1, 0.15) is 25.6 Å². The van der Waals surface area contributed by atoms with Gasteiger partial charge in [-0.05, 0) is 31.6 Å². The van der Waals surface area contributed by atoms with Crippen molar-refractivity contribution in [2.75, 3.05) is 26.7 Å². The Morgan fingerprint density at radius 1 is 1.33 bits per heavy atom. The van der Waals surface area contributed by atoms with Crippen molar-refractivity contribution in [3.05, 3.63) is 29.8 Å². The molecule has 7 heteroatoms. The third-order valence-corrected chi connectivity index (χ3v) is 3.35. The first kappa shape index (κ1) is 17.8. The number of hydrogen-bond donors (Lipinski definition) is 1. The van der Waals surface area contributed by atoms with Crippen LogP contribution in [0.15, 0.2) is 18.3 Å². The van der Waals surface area contributed by atoms with E-state index in [9.17, 15) is 17.6 Å². The van der Waals surface area contributed by atoms with Crippen LogP contribution in [0.25, 0.3) is 0 Å². The zero-order chi connectivity index (χ0) is 16.0. The van der Waals surface area contributed by atoms with Gasteiger partial charge < -0.3 is 5.32 Å². The van der Waals surface area contributed by atoms with Gasteiger partial charge in [0.15, 0.2) is 0 Å². The Morgan fingerprint density at radius 3 is 2.43 bits per heavy atom. The van der Waals surface area contributed by atoms with E-state index in [1.807, 2.05) is 6.92 Å². The normalized spacial score (nSPS) is 15.2. The average Bonchev–Trinajstić information content (AvgIpc) is 2.39. The lowest BCUT2D eigenvalue weighted by Crippen LogP contribution is -2.40. The predicted octanol–water partition coefficient (Wildman–Crippen LogP) is 3.00. The van der Waals surface area contributed by atoms with Crippen molar-refractivity contribution in [2.45, 2.75) is 26.1 Å². The van der Waals surface area contributed by atoms with Crippen molar-refractivity contribution < 1.29 is 17.6 Å². The van der Waals surface area contributed by atoms with Gasteiger partial charge in [-0.15, -0.1) is 0 Å². The Kier molecular flexibility index (Phi) is 6.54. The average molecular weight is 307 g/mol. The van der Waals surface area contributed by atoms with Crippen LogP contribution in [-0.4, -0.2) is 42.7 Å². The minimum absolute atomic E-state index is 0.102. The molecule has 0 saturated heterocycles. The van der Waals surface area contributed by atoms with Crippen molar-refractivity contribution in [2.24, 2.45) is 5.92 Å². The highest BCUT2D eigenvalue weighted by atomic mass is 19.4. The molecule has 0 aliphatic heterocycles. The largest absolute Gasteiger partial charge is 0.401 e. The molecular formula is C14H21F4N3. The van der Waals surface area contributed by atoms with E-state index in [-0.39, 0.29) is 18.5 Å². The summed E-state index contributed by atoms with van der Waals surface area (Å²) in [6.07, 6.45) is -3.10. The first-order valence-corrected chi connectivity index (χ1v) is 6.84. The van der Waals surface area contributed by atoms with Gasteiger partial charge in [-0.2, -0.15) is 13.2 Å². The fraction of sp³-hybridized carbons (Fsp3) is 0.643. The maximum atomic E-state index is 12.9. The third kappa shape index (κ3) is 5.97. The Morgan fingerprint density at radius 2 is 2.00 bits per heavy atom. The number of hydrogen-bond acceptors (Lipinski definition) is 3. The van der Waals surface area contributed by atoms with E-state index in [2.05, 4.69) is 10.3 Å². The molecule has 120 valence electrons. The zero-order valence-corrected chi connectivity index (χ0v) is 12.4. The molecule has 0 radical (unpaired) electrons. The lowest BCUT2D eigenvalue weighted by molar-refractivity contribution is -0.146. The van der Waals surface area contributed by atoms with Crippen molar-refractivity contribution in [3.8, 4) is 0 Å². The molecule has 2 unspecified atom stereocenters. The Hall–Kier alpha value is -1.21. The molecule has 0 saturated carbocycles. The Bertz CT molecular complexity index is 419. The molecule has 1 rings (SSSR count). The van der Waals surface area contributed by atoms with Crippen molar-refractivity contribution in [3.63, 3.8) is 0 Å². The number of nitrogens with one attached hydrogen (secondary N) is 1. The summed E-state index contributed by atoms with van der Waals surface area (Å²) in [5.41, 5.74) is 0.620. The molecule has 1 aromatic rings. The van der Waals surface area contributed by atoms with Crippen LogP contribution in [0.2, 0.25) is 0 Å². The molecule has 0 aliphatic carbocycles. The summed E-state index contributed by atoms with van der Waals surface area (Å²) >= 11 is 0. The smallest absolute Gasteiger partial charge is 0.311 e. The topological polar surface area (TPSA) is 28.2 Å². The standard InChI is InChI=1S/C14H21F4N3/c1-4-21(9-14(16,17)18)8-10(2)13(19-3)12-6-5-11(15)7-20-12/h5-7,10,13,19H,4,8-9H2,1-3H3. The highest BCUT2D eigenvalue weighted by Gasteiger charge is 2.31. The summed E-state index contributed by atoms with van der Waals surface area (Å²) in [6.45, 7) is 3.22. The highest BCUT2D eigenvalue weighted by molar-refractivity contribution is 5.10. The van der Waals surface area contributed by atoms with Gasteiger partial charge in [0.25, 0.3) is 0 Å². The van der Waals surface area contributed by atoms with Crippen LogP contribution in [0.4, 0.5) is 17.6 Å². The van der Waals surface area contributed by atoms with Crippen molar-refractivity contribution in [1.29, 1.82) is 0 Å². The minimum atomic E-state index is -4.21. The quantitative estimate of drug-likeness (QED) is 0.785. The van der Waals surface area contributed by atoms with Crippen LogP contribution in [-0.2, 0) is 0 Å².